The van der Waals surface area contributed by atoms with E-state index >= 15 is 0 Å². The molecule has 2 heterocycles. The highest BCUT2D eigenvalue weighted by atomic mass is 19.1. The third-order valence-corrected chi connectivity index (χ3v) is 8.57. The number of halogens is 1. The Morgan fingerprint density at radius 2 is 1.53 bits per heavy atom. The topological polar surface area (TPSA) is 183 Å². The molecule has 1 aliphatic rings. The lowest BCUT2D eigenvalue weighted by Crippen LogP contribution is -2.55. The maximum absolute atomic E-state index is 13.6. The Balaban J connectivity index is 1.36. The first kappa shape index (κ1) is 32.4. The van der Waals surface area contributed by atoms with E-state index in [0.29, 0.717) is 24.1 Å². The second-order valence-corrected chi connectivity index (χ2v) is 11.5. The third kappa shape index (κ3) is 6.96. The van der Waals surface area contributed by atoms with Gasteiger partial charge < -0.3 is 35.5 Å². The van der Waals surface area contributed by atoms with Gasteiger partial charge in [0.25, 0.3) is 0 Å². The van der Waals surface area contributed by atoms with Gasteiger partial charge >= 0.3 is 0 Å². The van der Waals surface area contributed by atoms with Crippen molar-refractivity contribution in [3.63, 3.8) is 0 Å². The van der Waals surface area contributed by atoms with Gasteiger partial charge in [-0.1, -0.05) is 48.5 Å². The number of aliphatic hydroxyl groups excluding tert-OH is 5. The number of aliphatic hydroxyl groups is 6. The molecule has 3 unspecified atom stereocenters. The molecule has 5 rings (SSSR count). The van der Waals surface area contributed by atoms with Crippen LogP contribution in [0.5, 0.6) is 0 Å². The maximum atomic E-state index is 13.6. The molecule has 1 fully saturated rings. The number of amides is 1. The molecule has 12 heteroatoms. The Morgan fingerprint density at radius 3 is 2.13 bits per heavy atom. The van der Waals surface area contributed by atoms with Crippen LogP contribution in [0.1, 0.15) is 59.2 Å². The van der Waals surface area contributed by atoms with Crippen LogP contribution in [-0.2, 0) is 17.6 Å². The van der Waals surface area contributed by atoms with Gasteiger partial charge in [0.15, 0.2) is 0 Å². The van der Waals surface area contributed by atoms with Gasteiger partial charge in [-0.25, -0.2) is 9.37 Å². The number of rotatable bonds is 14. The summed E-state index contributed by atoms with van der Waals surface area (Å²) in [6.45, 7) is -1.91. The Labute approximate surface area is 259 Å². The van der Waals surface area contributed by atoms with Crippen LogP contribution in [0.25, 0.3) is 0 Å². The third-order valence-electron chi connectivity index (χ3n) is 8.57. The molecule has 1 aliphatic heterocycles. The van der Waals surface area contributed by atoms with Gasteiger partial charge in [0, 0.05) is 12.1 Å². The average molecular weight is 621 g/mol. The monoisotopic (exact) mass is 620 g/mol. The smallest absolute Gasteiger partial charge is 0.233 e. The first-order chi connectivity index (χ1) is 21.6. The molecule has 4 aromatic rings. The second kappa shape index (κ2) is 13.9. The van der Waals surface area contributed by atoms with Gasteiger partial charge in [0.1, 0.15) is 35.8 Å². The number of carbonyl (C=O) groups excluding carboxylic acids is 1. The largest absolute Gasteiger partial charge is 0.393 e. The van der Waals surface area contributed by atoms with E-state index in [9.17, 15) is 39.8 Å². The number of nitrogens with one attached hydrogen (secondary N) is 1. The molecule has 238 valence electrons. The van der Waals surface area contributed by atoms with Crippen molar-refractivity contribution in [2.24, 2.45) is 5.92 Å². The van der Waals surface area contributed by atoms with E-state index in [-0.39, 0.29) is 17.9 Å². The minimum absolute atomic E-state index is 0.115. The molecule has 1 aromatic heterocycles. The summed E-state index contributed by atoms with van der Waals surface area (Å²) in [7, 11) is 0. The minimum atomic E-state index is -2.30. The Hall–Kier alpha value is -4.04. The normalized spacial score (nSPS) is 18.8. The molecule has 0 aliphatic carbocycles. The number of hydrogen-bond acceptors (Lipinski definition) is 9. The van der Waals surface area contributed by atoms with E-state index in [1.807, 2.05) is 24.3 Å². The number of nitrogens with zero attached hydrogens (tertiary/aromatic N) is 3. The SMILES string of the molecule is O=C1C(CC[C@H](O)c2ccc(F)cc2)[C@@H](c2ccc(C(O)C(O)C(O)(CO)CO)cc2)N1c1ccc(CCc2ncn[nH]2)cc1. The lowest BCUT2D eigenvalue weighted by molar-refractivity contribution is -0.166. The van der Waals surface area contributed by atoms with Gasteiger partial charge in [-0.05, 0) is 65.8 Å². The van der Waals surface area contributed by atoms with Crippen LogP contribution in [0.4, 0.5) is 10.1 Å². The molecule has 0 spiro atoms. The molecule has 0 saturated carbocycles. The molecular formula is C33H37FN4O7. The summed E-state index contributed by atoms with van der Waals surface area (Å²) in [5, 5.41) is 67.6. The van der Waals surface area contributed by atoms with E-state index in [0.717, 1.165) is 23.4 Å². The highest BCUT2D eigenvalue weighted by Gasteiger charge is 2.48. The van der Waals surface area contributed by atoms with Crippen LogP contribution >= 0.6 is 0 Å². The Bertz CT molecular complexity index is 1530. The standard InChI is InChI=1S/C33H37FN4O7/c34-24-10-8-21(9-11-24)27(41)15-14-26-29(22-4-6-23(7-5-22)30(42)31(43)33(45,17-39)18-40)38(32(26)44)25-12-1-20(2-13-25)3-16-28-35-19-36-37-28/h1-2,4-13,19,26-27,29-31,39-43,45H,3,14-18H2,(H,35,36,37)/t26?,27-,29+,30?,31?/m0/s1. The van der Waals surface area contributed by atoms with E-state index in [2.05, 4.69) is 15.2 Å². The molecular weight excluding hydrogens is 583 g/mol. The number of hydrogen-bond donors (Lipinski definition) is 7. The zero-order valence-electron chi connectivity index (χ0n) is 24.4. The number of aryl methyl sites for hydroxylation is 2. The fourth-order valence-electron chi connectivity index (χ4n) is 5.73. The van der Waals surface area contributed by atoms with Crippen molar-refractivity contribution in [3.05, 3.63) is 113 Å². The summed E-state index contributed by atoms with van der Waals surface area (Å²) in [5.41, 5.74) is 0.992. The predicted octanol–water partition coefficient (Wildman–Crippen LogP) is 2.06. The summed E-state index contributed by atoms with van der Waals surface area (Å²) in [5.74, 6) is -0.211. The summed E-state index contributed by atoms with van der Waals surface area (Å²) in [6, 6.07) is 19.4. The van der Waals surface area contributed by atoms with Crippen molar-refractivity contribution in [2.75, 3.05) is 18.1 Å². The van der Waals surface area contributed by atoms with Gasteiger partial charge in [0.05, 0.1) is 31.3 Å². The van der Waals surface area contributed by atoms with E-state index < -0.39 is 54.9 Å². The fraction of sp³-hybridized carbons (Fsp3) is 0.364. The van der Waals surface area contributed by atoms with Crippen LogP contribution in [0, 0.1) is 11.7 Å². The van der Waals surface area contributed by atoms with E-state index in [1.165, 1.54) is 30.6 Å². The van der Waals surface area contributed by atoms with Crippen LogP contribution in [0.15, 0.2) is 79.1 Å². The highest BCUT2D eigenvalue weighted by molar-refractivity contribution is 6.03. The van der Waals surface area contributed by atoms with Crippen molar-refractivity contribution in [1.82, 2.24) is 15.2 Å². The average Bonchev–Trinajstić information content (AvgIpc) is 3.60. The zero-order chi connectivity index (χ0) is 32.1. The van der Waals surface area contributed by atoms with Gasteiger partial charge in [0.2, 0.25) is 5.91 Å². The number of aromatic amines is 1. The van der Waals surface area contributed by atoms with E-state index in [1.54, 1.807) is 29.2 Å². The first-order valence-corrected chi connectivity index (χ1v) is 14.7. The van der Waals surface area contributed by atoms with Crippen molar-refractivity contribution in [2.45, 2.75) is 55.6 Å². The maximum Gasteiger partial charge on any atom is 0.233 e. The lowest BCUT2D eigenvalue weighted by atomic mass is 9.77. The summed E-state index contributed by atoms with van der Waals surface area (Å²) in [6.07, 6.45) is -0.835. The molecule has 11 nitrogen and oxygen atoms in total. The summed E-state index contributed by atoms with van der Waals surface area (Å²) in [4.78, 5) is 19.4. The minimum Gasteiger partial charge on any atom is -0.393 e. The van der Waals surface area contributed by atoms with Gasteiger partial charge in [-0.3, -0.25) is 9.89 Å². The number of aromatic nitrogens is 3. The molecule has 1 amide bonds. The molecule has 3 aromatic carbocycles. The lowest BCUT2D eigenvalue weighted by Gasteiger charge is -2.48. The molecule has 7 N–H and O–H groups in total. The molecule has 5 atom stereocenters. The highest BCUT2D eigenvalue weighted by Crippen LogP contribution is 2.46. The molecule has 45 heavy (non-hydrogen) atoms. The Morgan fingerprint density at radius 1 is 0.889 bits per heavy atom. The quantitative estimate of drug-likeness (QED) is 0.104. The Kier molecular flexibility index (Phi) is 10.0. The van der Waals surface area contributed by atoms with Crippen LogP contribution in [-0.4, -0.2) is 76.6 Å². The van der Waals surface area contributed by atoms with Crippen molar-refractivity contribution in [3.8, 4) is 0 Å². The van der Waals surface area contributed by atoms with E-state index in [4.69, 9.17) is 0 Å². The predicted molar refractivity (Wildman–Crippen MR) is 161 cm³/mol. The van der Waals surface area contributed by atoms with Gasteiger partial charge in [-0.15, -0.1) is 0 Å². The molecule has 0 bridgehead atoms. The van der Waals surface area contributed by atoms with Crippen LogP contribution in [0.3, 0.4) is 0 Å². The van der Waals surface area contributed by atoms with Crippen molar-refractivity contribution < 1.29 is 39.8 Å². The van der Waals surface area contributed by atoms with Gasteiger partial charge in [-0.2, -0.15) is 5.10 Å². The van der Waals surface area contributed by atoms with Crippen molar-refractivity contribution >= 4 is 11.6 Å². The number of H-pyrrole nitrogens is 1. The number of benzene rings is 3. The number of anilines is 1. The van der Waals surface area contributed by atoms with Crippen LogP contribution in [0.2, 0.25) is 0 Å². The van der Waals surface area contributed by atoms with Crippen molar-refractivity contribution in [1.29, 1.82) is 0 Å². The number of β-lactam (4-membered cyclic amide) rings is 1. The second-order valence-electron chi connectivity index (χ2n) is 11.5. The summed E-state index contributed by atoms with van der Waals surface area (Å²) < 4.78 is 13.4. The number of carbonyl (C=O) groups is 1. The van der Waals surface area contributed by atoms with Crippen LogP contribution < -0.4 is 4.90 Å². The summed E-state index contributed by atoms with van der Waals surface area (Å²) >= 11 is 0. The fourth-order valence-corrected chi connectivity index (χ4v) is 5.73. The zero-order valence-corrected chi connectivity index (χ0v) is 24.4. The molecule has 0 radical (unpaired) electrons. The molecule has 1 saturated heterocycles. The first-order valence-electron chi connectivity index (χ1n) is 14.7.